The standard InChI is InChI=1S/C23H34N2O5S/c1-6-11-24(14(4)5)21(28)19-23-10-9-16(31-23)17(22(29)30-12-7-2)18(23)20(27)25(19)15(8-3)13-26/h6-7,14-19,26H,1-2,8-13H2,3-5H3/t15-,16+,17-,18-,19?,23?/m0/s1. The van der Waals surface area contributed by atoms with Gasteiger partial charge in [0.1, 0.15) is 12.6 Å². The molecule has 31 heavy (non-hydrogen) atoms. The molecule has 3 aliphatic heterocycles. The van der Waals surface area contributed by atoms with Crippen LogP contribution in [0.3, 0.4) is 0 Å². The van der Waals surface area contributed by atoms with Crippen LogP contribution in [0.5, 0.6) is 0 Å². The second-order valence-corrected chi connectivity index (χ2v) is 10.4. The number of nitrogens with zero attached hydrogens (tertiary/aromatic N) is 2. The zero-order chi connectivity index (χ0) is 22.9. The molecular weight excluding hydrogens is 416 g/mol. The summed E-state index contributed by atoms with van der Waals surface area (Å²) in [5.41, 5.74) is 0. The SMILES string of the molecule is C=CCOC(=O)[C@@H]1[C@H]2C(=O)N([C@@H](CC)CO)C(C(=O)N(CC=C)C(C)C)C23CC[C@H]1S3. The number of hydrogen-bond donors (Lipinski definition) is 1. The van der Waals surface area contributed by atoms with Gasteiger partial charge in [0.05, 0.1) is 29.2 Å². The molecule has 0 aromatic heterocycles. The van der Waals surface area contributed by atoms with E-state index in [4.69, 9.17) is 4.74 Å². The number of carbonyl (C=O) groups is 3. The fourth-order valence-electron chi connectivity index (χ4n) is 5.53. The van der Waals surface area contributed by atoms with Crippen LogP contribution in [-0.4, -0.2) is 80.6 Å². The summed E-state index contributed by atoms with van der Waals surface area (Å²) in [6, 6.07) is -1.25. The number of aliphatic hydroxyl groups excluding tert-OH is 1. The Kier molecular flexibility index (Phi) is 7.21. The Hall–Kier alpha value is -1.80. The van der Waals surface area contributed by atoms with Gasteiger partial charge in [0.15, 0.2) is 0 Å². The summed E-state index contributed by atoms with van der Waals surface area (Å²) < 4.78 is 4.68. The van der Waals surface area contributed by atoms with Crippen molar-refractivity contribution < 1.29 is 24.2 Å². The molecule has 3 heterocycles. The second-order valence-electron chi connectivity index (χ2n) is 8.84. The first kappa shape index (κ1) is 23.9. The molecule has 7 nitrogen and oxygen atoms in total. The van der Waals surface area contributed by atoms with Crippen LogP contribution in [0.25, 0.3) is 0 Å². The van der Waals surface area contributed by atoms with Gasteiger partial charge < -0.3 is 19.6 Å². The second kappa shape index (κ2) is 9.36. The van der Waals surface area contributed by atoms with Crippen molar-refractivity contribution >= 4 is 29.5 Å². The molecule has 2 bridgehead atoms. The highest BCUT2D eigenvalue weighted by Crippen LogP contribution is 2.67. The number of rotatable bonds is 10. The monoisotopic (exact) mass is 450 g/mol. The summed E-state index contributed by atoms with van der Waals surface area (Å²) >= 11 is 1.60. The van der Waals surface area contributed by atoms with Crippen LogP contribution in [0.1, 0.15) is 40.0 Å². The zero-order valence-corrected chi connectivity index (χ0v) is 19.5. The number of ether oxygens (including phenoxy) is 1. The van der Waals surface area contributed by atoms with Crippen molar-refractivity contribution in [2.24, 2.45) is 11.8 Å². The molecule has 2 amide bonds. The minimum Gasteiger partial charge on any atom is -0.461 e. The number of aliphatic hydroxyl groups is 1. The van der Waals surface area contributed by atoms with Crippen molar-refractivity contribution in [3.8, 4) is 0 Å². The van der Waals surface area contributed by atoms with Crippen LogP contribution in [0.15, 0.2) is 25.3 Å². The molecule has 0 aromatic carbocycles. The molecular formula is C23H34N2O5S. The summed E-state index contributed by atoms with van der Waals surface area (Å²) in [6.45, 7) is 13.4. The highest BCUT2D eigenvalue weighted by atomic mass is 32.2. The van der Waals surface area contributed by atoms with Gasteiger partial charge in [-0.2, -0.15) is 0 Å². The third kappa shape index (κ3) is 3.71. The van der Waals surface area contributed by atoms with Crippen molar-refractivity contribution in [3.63, 3.8) is 0 Å². The fraction of sp³-hybridized carbons (Fsp3) is 0.696. The lowest BCUT2D eigenvalue weighted by atomic mass is 9.71. The first-order valence-electron chi connectivity index (χ1n) is 11.1. The van der Waals surface area contributed by atoms with Crippen LogP contribution < -0.4 is 0 Å². The summed E-state index contributed by atoms with van der Waals surface area (Å²) in [7, 11) is 0. The Morgan fingerprint density at radius 2 is 2.10 bits per heavy atom. The molecule has 3 rings (SSSR count). The van der Waals surface area contributed by atoms with E-state index in [0.29, 0.717) is 19.4 Å². The third-order valence-electron chi connectivity index (χ3n) is 6.90. The minimum atomic E-state index is -0.711. The normalized spacial score (nSPS) is 32.2. The van der Waals surface area contributed by atoms with Gasteiger partial charge in [-0.25, -0.2) is 0 Å². The molecule has 0 aliphatic carbocycles. The van der Waals surface area contributed by atoms with Crippen molar-refractivity contribution in [2.45, 2.75) is 68.2 Å². The molecule has 0 radical (unpaired) electrons. The topological polar surface area (TPSA) is 87.1 Å². The minimum absolute atomic E-state index is 0.0372. The lowest BCUT2D eigenvalue weighted by Gasteiger charge is -2.40. The molecule has 3 saturated heterocycles. The molecule has 1 spiro atoms. The van der Waals surface area contributed by atoms with E-state index in [2.05, 4.69) is 13.2 Å². The number of fused-ring (bicyclic) bond motifs is 1. The van der Waals surface area contributed by atoms with Gasteiger partial charge in [-0.1, -0.05) is 25.7 Å². The molecule has 3 fully saturated rings. The van der Waals surface area contributed by atoms with Crippen LogP contribution in [0.4, 0.5) is 0 Å². The van der Waals surface area contributed by atoms with Gasteiger partial charge in [0.25, 0.3) is 0 Å². The molecule has 172 valence electrons. The summed E-state index contributed by atoms with van der Waals surface area (Å²) in [4.78, 5) is 43.9. The maximum Gasteiger partial charge on any atom is 0.311 e. The zero-order valence-electron chi connectivity index (χ0n) is 18.7. The van der Waals surface area contributed by atoms with E-state index in [1.165, 1.54) is 6.08 Å². The van der Waals surface area contributed by atoms with Crippen LogP contribution >= 0.6 is 11.8 Å². The van der Waals surface area contributed by atoms with E-state index >= 15 is 0 Å². The number of esters is 1. The van der Waals surface area contributed by atoms with Gasteiger partial charge in [-0.05, 0) is 33.1 Å². The van der Waals surface area contributed by atoms with E-state index in [1.807, 2.05) is 20.8 Å². The average molecular weight is 451 g/mol. The number of hydrogen-bond acceptors (Lipinski definition) is 6. The van der Waals surface area contributed by atoms with E-state index in [9.17, 15) is 19.5 Å². The van der Waals surface area contributed by atoms with Gasteiger partial charge in [-0.3, -0.25) is 14.4 Å². The molecule has 0 aromatic rings. The summed E-state index contributed by atoms with van der Waals surface area (Å²) in [6.07, 6.45) is 5.18. The van der Waals surface area contributed by atoms with Gasteiger partial charge >= 0.3 is 5.97 Å². The number of thioether (sulfide) groups is 1. The molecule has 2 unspecified atom stereocenters. The Morgan fingerprint density at radius 1 is 1.39 bits per heavy atom. The van der Waals surface area contributed by atoms with E-state index in [0.717, 1.165) is 6.42 Å². The molecule has 0 saturated carbocycles. The van der Waals surface area contributed by atoms with Gasteiger partial charge in [0.2, 0.25) is 11.8 Å². The van der Waals surface area contributed by atoms with Gasteiger partial charge in [-0.15, -0.1) is 18.3 Å². The quantitative estimate of drug-likeness (QED) is 0.405. The first-order valence-corrected chi connectivity index (χ1v) is 12.0. The molecule has 1 N–H and O–H groups in total. The lowest BCUT2D eigenvalue weighted by Crippen LogP contribution is -2.58. The Balaban J connectivity index is 2.06. The predicted octanol–water partition coefficient (Wildman–Crippen LogP) is 2.00. The van der Waals surface area contributed by atoms with E-state index in [1.54, 1.807) is 27.6 Å². The van der Waals surface area contributed by atoms with Crippen LogP contribution in [0.2, 0.25) is 0 Å². The van der Waals surface area contributed by atoms with Crippen LogP contribution in [-0.2, 0) is 19.1 Å². The fourth-order valence-corrected chi connectivity index (χ4v) is 7.72. The maximum absolute atomic E-state index is 13.9. The van der Waals surface area contributed by atoms with Crippen molar-refractivity contribution in [1.29, 1.82) is 0 Å². The van der Waals surface area contributed by atoms with Crippen molar-refractivity contribution in [2.75, 3.05) is 19.8 Å². The molecule has 6 atom stereocenters. The first-order chi connectivity index (χ1) is 14.8. The van der Waals surface area contributed by atoms with Crippen LogP contribution in [0, 0.1) is 11.8 Å². The predicted molar refractivity (Wildman–Crippen MR) is 120 cm³/mol. The highest BCUT2D eigenvalue weighted by Gasteiger charge is 2.74. The number of amides is 2. The lowest BCUT2D eigenvalue weighted by molar-refractivity contribution is -0.153. The molecule has 8 heteroatoms. The Bertz CT molecular complexity index is 752. The van der Waals surface area contributed by atoms with Gasteiger partial charge in [0, 0.05) is 17.8 Å². The van der Waals surface area contributed by atoms with E-state index in [-0.39, 0.29) is 36.3 Å². The highest BCUT2D eigenvalue weighted by molar-refractivity contribution is 8.02. The Labute approximate surface area is 188 Å². The summed E-state index contributed by atoms with van der Waals surface area (Å²) in [5.74, 6) is -1.92. The number of likely N-dealkylation sites (tertiary alicyclic amines) is 1. The summed E-state index contributed by atoms with van der Waals surface area (Å²) in [5, 5.41) is 9.99. The average Bonchev–Trinajstić information content (AvgIpc) is 3.38. The van der Waals surface area contributed by atoms with E-state index < -0.39 is 34.6 Å². The Morgan fingerprint density at radius 3 is 2.65 bits per heavy atom. The van der Waals surface area contributed by atoms with Crippen molar-refractivity contribution in [3.05, 3.63) is 25.3 Å². The maximum atomic E-state index is 13.9. The van der Waals surface area contributed by atoms with Crippen molar-refractivity contribution in [1.82, 2.24) is 9.80 Å². The largest absolute Gasteiger partial charge is 0.461 e. The number of carbonyl (C=O) groups excluding carboxylic acids is 3. The smallest absolute Gasteiger partial charge is 0.311 e. The third-order valence-corrected chi connectivity index (χ3v) is 8.85. The molecule has 3 aliphatic rings.